The molecule has 8 heteroatoms. The second-order valence-electron chi connectivity index (χ2n) is 5.98. The number of aromatic nitrogens is 1. The van der Waals surface area contributed by atoms with Crippen molar-refractivity contribution < 1.29 is 18.3 Å². The van der Waals surface area contributed by atoms with Gasteiger partial charge in [0.2, 0.25) is 10.0 Å². The van der Waals surface area contributed by atoms with Crippen molar-refractivity contribution in [3.8, 4) is 0 Å². The predicted octanol–water partition coefficient (Wildman–Crippen LogP) is -0.178. The smallest absolute Gasteiger partial charge is 0.268 e. The molecule has 118 valence electrons. The van der Waals surface area contributed by atoms with Gasteiger partial charge in [-0.05, 0) is 19.5 Å². The van der Waals surface area contributed by atoms with Gasteiger partial charge in [-0.1, -0.05) is 13.8 Å². The third kappa shape index (κ3) is 2.70. The van der Waals surface area contributed by atoms with Gasteiger partial charge in [-0.3, -0.25) is 4.79 Å². The molecule has 1 aromatic rings. The summed E-state index contributed by atoms with van der Waals surface area (Å²) in [5, 5.41) is 12.5. The SMILES string of the molecule is CNS(=O)(=O)c1cc(C(=O)NC2CC(O)C2(C)C)n(C)c1. The van der Waals surface area contributed by atoms with Gasteiger partial charge in [0.1, 0.15) is 10.6 Å². The van der Waals surface area contributed by atoms with Gasteiger partial charge in [-0.15, -0.1) is 0 Å². The average molecular weight is 315 g/mol. The Balaban J connectivity index is 2.18. The van der Waals surface area contributed by atoms with Gasteiger partial charge in [0.15, 0.2) is 0 Å². The van der Waals surface area contributed by atoms with Crippen molar-refractivity contribution in [1.82, 2.24) is 14.6 Å². The van der Waals surface area contributed by atoms with E-state index in [1.54, 1.807) is 7.05 Å². The van der Waals surface area contributed by atoms with Crippen LogP contribution in [0.2, 0.25) is 0 Å². The van der Waals surface area contributed by atoms with Gasteiger partial charge in [-0.25, -0.2) is 13.1 Å². The van der Waals surface area contributed by atoms with Gasteiger partial charge in [-0.2, -0.15) is 0 Å². The Labute approximate surface area is 124 Å². The van der Waals surface area contributed by atoms with Crippen LogP contribution in [-0.4, -0.2) is 43.2 Å². The van der Waals surface area contributed by atoms with E-state index in [4.69, 9.17) is 0 Å². The van der Waals surface area contributed by atoms with Crippen molar-refractivity contribution in [1.29, 1.82) is 0 Å². The topological polar surface area (TPSA) is 100 Å². The van der Waals surface area contributed by atoms with Crippen LogP contribution in [0.5, 0.6) is 0 Å². The Morgan fingerprint density at radius 2 is 2.10 bits per heavy atom. The molecular formula is C13H21N3O4S. The Hall–Kier alpha value is -1.38. The lowest BCUT2D eigenvalue weighted by molar-refractivity contribution is -0.0690. The molecule has 1 amide bonds. The summed E-state index contributed by atoms with van der Waals surface area (Å²) in [6.45, 7) is 3.77. The molecule has 1 heterocycles. The van der Waals surface area contributed by atoms with E-state index in [2.05, 4.69) is 10.0 Å². The number of aliphatic hydroxyl groups excluding tert-OH is 1. The Morgan fingerprint density at radius 1 is 1.48 bits per heavy atom. The van der Waals surface area contributed by atoms with E-state index in [0.717, 1.165) is 0 Å². The summed E-state index contributed by atoms with van der Waals surface area (Å²) in [5.41, 5.74) is -0.109. The standard InChI is InChI=1S/C13H21N3O4S/c1-13(2)10(6-11(13)17)15-12(18)9-5-8(7-16(9)4)21(19,20)14-3/h5,7,10-11,14,17H,6H2,1-4H3,(H,15,18). The largest absolute Gasteiger partial charge is 0.392 e. The fraction of sp³-hybridized carbons (Fsp3) is 0.615. The van der Waals surface area contributed by atoms with Crippen LogP contribution in [0.15, 0.2) is 17.2 Å². The van der Waals surface area contributed by atoms with Crippen molar-refractivity contribution in [3.05, 3.63) is 18.0 Å². The number of nitrogens with zero attached hydrogens (tertiary/aromatic N) is 1. The van der Waals surface area contributed by atoms with Crippen LogP contribution in [0.1, 0.15) is 30.8 Å². The zero-order valence-electron chi connectivity index (χ0n) is 12.5. The lowest BCUT2D eigenvalue weighted by atomic mass is 9.64. The highest BCUT2D eigenvalue weighted by molar-refractivity contribution is 7.89. The van der Waals surface area contributed by atoms with E-state index in [1.165, 1.54) is 23.9 Å². The fourth-order valence-corrected chi connectivity index (χ4v) is 3.20. The first-order valence-electron chi connectivity index (χ1n) is 6.68. The molecule has 0 aromatic carbocycles. The zero-order chi connectivity index (χ0) is 16.0. The number of carbonyl (C=O) groups excluding carboxylic acids is 1. The highest BCUT2D eigenvalue weighted by atomic mass is 32.2. The molecule has 0 spiro atoms. The lowest BCUT2D eigenvalue weighted by Gasteiger charge is -2.49. The minimum absolute atomic E-state index is 0.0468. The molecule has 0 radical (unpaired) electrons. The third-order valence-electron chi connectivity index (χ3n) is 4.31. The van der Waals surface area contributed by atoms with Crippen LogP contribution in [0.25, 0.3) is 0 Å². The molecule has 0 saturated heterocycles. The number of rotatable bonds is 4. The minimum atomic E-state index is -3.58. The molecule has 1 fully saturated rings. The number of sulfonamides is 1. The van der Waals surface area contributed by atoms with Crippen molar-refractivity contribution in [2.24, 2.45) is 12.5 Å². The molecule has 21 heavy (non-hydrogen) atoms. The molecule has 7 nitrogen and oxygen atoms in total. The molecule has 0 bridgehead atoms. The molecule has 2 atom stereocenters. The lowest BCUT2D eigenvalue weighted by Crippen LogP contribution is -2.61. The first kappa shape index (κ1) is 16.0. The number of hydrogen-bond donors (Lipinski definition) is 3. The summed E-state index contributed by atoms with van der Waals surface area (Å²) in [7, 11) is -0.641. The van der Waals surface area contributed by atoms with Crippen LogP contribution in [0, 0.1) is 5.41 Å². The van der Waals surface area contributed by atoms with E-state index >= 15 is 0 Å². The highest BCUT2D eigenvalue weighted by Crippen LogP contribution is 2.40. The second kappa shape index (κ2) is 5.11. The molecular weight excluding hydrogens is 294 g/mol. The van der Waals surface area contributed by atoms with Crippen LogP contribution in [-0.2, 0) is 17.1 Å². The van der Waals surface area contributed by atoms with Crippen molar-refractivity contribution in [2.75, 3.05) is 7.05 Å². The normalized spacial score (nSPS) is 24.4. The van der Waals surface area contributed by atoms with E-state index in [0.29, 0.717) is 6.42 Å². The van der Waals surface area contributed by atoms with Crippen molar-refractivity contribution >= 4 is 15.9 Å². The Bertz CT molecular complexity index is 663. The number of carbonyl (C=O) groups is 1. The number of hydrogen-bond acceptors (Lipinski definition) is 4. The molecule has 1 aliphatic carbocycles. The van der Waals surface area contributed by atoms with Crippen LogP contribution < -0.4 is 10.0 Å². The van der Waals surface area contributed by atoms with Gasteiger partial charge in [0.25, 0.3) is 5.91 Å². The maximum absolute atomic E-state index is 12.3. The summed E-state index contributed by atoms with van der Waals surface area (Å²) in [6.07, 6.45) is 1.46. The first-order chi connectivity index (χ1) is 9.59. The quantitative estimate of drug-likeness (QED) is 0.717. The number of aryl methyl sites for hydroxylation is 1. The van der Waals surface area contributed by atoms with Crippen LogP contribution >= 0.6 is 0 Å². The van der Waals surface area contributed by atoms with E-state index in [1.807, 2.05) is 13.8 Å². The van der Waals surface area contributed by atoms with Crippen molar-refractivity contribution in [3.63, 3.8) is 0 Å². The van der Waals surface area contributed by atoms with Crippen LogP contribution in [0.4, 0.5) is 0 Å². The number of amides is 1. The van der Waals surface area contributed by atoms with E-state index in [9.17, 15) is 18.3 Å². The zero-order valence-corrected chi connectivity index (χ0v) is 13.4. The first-order valence-corrected chi connectivity index (χ1v) is 8.16. The second-order valence-corrected chi connectivity index (χ2v) is 7.86. The van der Waals surface area contributed by atoms with Gasteiger partial charge >= 0.3 is 0 Å². The molecule has 1 saturated carbocycles. The Kier molecular flexibility index (Phi) is 3.90. The summed E-state index contributed by atoms with van der Waals surface area (Å²) < 4.78 is 27.2. The van der Waals surface area contributed by atoms with Crippen LogP contribution in [0.3, 0.4) is 0 Å². The Morgan fingerprint density at radius 3 is 2.57 bits per heavy atom. The number of nitrogens with one attached hydrogen (secondary N) is 2. The maximum atomic E-state index is 12.3. The van der Waals surface area contributed by atoms with E-state index < -0.39 is 16.1 Å². The summed E-state index contributed by atoms with van der Waals surface area (Å²) in [5.74, 6) is -0.347. The predicted molar refractivity (Wildman–Crippen MR) is 77.3 cm³/mol. The fourth-order valence-electron chi connectivity index (χ4n) is 2.40. The summed E-state index contributed by atoms with van der Waals surface area (Å²) >= 11 is 0. The molecule has 3 N–H and O–H groups in total. The van der Waals surface area contributed by atoms with Gasteiger partial charge in [0, 0.05) is 24.7 Å². The molecule has 2 unspecified atom stereocenters. The summed E-state index contributed by atoms with van der Waals surface area (Å²) in [4.78, 5) is 12.3. The molecule has 2 rings (SSSR count). The number of aliphatic hydroxyl groups is 1. The summed E-state index contributed by atoms with van der Waals surface area (Å²) in [6, 6.07) is 1.21. The highest BCUT2D eigenvalue weighted by Gasteiger charge is 2.48. The molecule has 1 aliphatic rings. The van der Waals surface area contributed by atoms with E-state index in [-0.39, 0.29) is 28.0 Å². The van der Waals surface area contributed by atoms with Gasteiger partial charge < -0.3 is 15.0 Å². The van der Waals surface area contributed by atoms with Crippen molar-refractivity contribution in [2.45, 2.75) is 37.3 Å². The molecule has 0 aliphatic heterocycles. The van der Waals surface area contributed by atoms with Gasteiger partial charge in [0.05, 0.1) is 6.10 Å². The monoisotopic (exact) mass is 315 g/mol. The molecule has 1 aromatic heterocycles. The third-order valence-corrected chi connectivity index (χ3v) is 5.69. The minimum Gasteiger partial charge on any atom is -0.392 e. The maximum Gasteiger partial charge on any atom is 0.268 e. The average Bonchev–Trinajstić information content (AvgIpc) is 2.81.